The molecule has 110 valence electrons. The molecule has 0 bridgehead atoms. The van der Waals surface area contributed by atoms with Crippen molar-refractivity contribution in [2.24, 2.45) is 0 Å². The van der Waals surface area contributed by atoms with Gasteiger partial charge in [-0.1, -0.05) is 106 Å². The van der Waals surface area contributed by atoms with E-state index in [1.54, 1.807) is 0 Å². The average Bonchev–Trinajstić information content (AvgIpc) is 2.57. The van der Waals surface area contributed by atoms with Crippen LogP contribution in [0.1, 0.15) is 18.0 Å². The van der Waals surface area contributed by atoms with E-state index in [1.165, 1.54) is 15.9 Å². The molecular formula is C20H19BrSi. The normalized spacial score (nSPS) is 12.3. The summed E-state index contributed by atoms with van der Waals surface area (Å²) in [7, 11) is -1.31. The molecule has 0 nitrogen and oxygen atoms in total. The van der Waals surface area contributed by atoms with E-state index in [9.17, 15) is 0 Å². The van der Waals surface area contributed by atoms with E-state index in [2.05, 4.69) is 108 Å². The first kappa shape index (κ1) is 15.3. The lowest BCUT2D eigenvalue weighted by atomic mass is 10.2. The Morgan fingerprint density at radius 3 is 1.77 bits per heavy atom. The van der Waals surface area contributed by atoms with Gasteiger partial charge >= 0.3 is 0 Å². The summed E-state index contributed by atoms with van der Waals surface area (Å²) in [5.74, 6) is 0. The Morgan fingerprint density at radius 1 is 0.727 bits per heavy atom. The first-order valence-electron chi connectivity index (χ1n) is 7.61. The van der Waals surface area contributed by atoms with E-state index in [-0.39, 0.29) is 0 Å². The molecule has 0 N–H and O–H groups in total. The monoisotopic (exact) mass is 366 g/mol. The molecule has 0 aliphatic heterocycles. The Bertz CT molecular complexity index is 685. The standard InChI is InChI=1S/C20H19BrSi/c1-16(17-9-8-10-18(21)15-17)22(19-11-4-2-5-12-19)20-13-6-3-7-14-20/h2-16,22H,1H3. The maximum atomic E-state index is 3.61. The molecule has 0 aromatic heterocycles. The number of hydrogen-bond donors (Lipinski definition) is 0. The molecule has 0 saturated carbocycles. The number of rotatable bonds is 4. The summed E-state index contributed by atoms with van der Waals surface area (Å²) < 4.78 is 1.16. The topological polar surface area (TPSA) is 0 Å². The summed E-state index contributed by atoms with van der Waals surface area (Å²) in [4.78, 5) is 0. The fraction of sp³-hybridized carbons (Fsp3) is 0.100. The lowest BCUT2D eigenvalue weighted by Crippen LogP contribution is -2.46. The number of hydrogen-bond acceptors (Lipinski definition) is 0. The van der Waals surface area contributed by atoms with Gasteiger partial charge in [-0.2, -0.15) is 0 Å². The van der Waals surface area contributed by atoms with Crippen LogP contribution >= 0.6 is 15.9 Å². The smallest absolute Gasteiger partial charge is 0.0629 e. The summed E-state index contributed by atoms with van der Waals surface area (Å²) in [5, 5.41) is 3.00. The van der Waals surface area contributed by atoms with Crippen LogP contribution in [0.25, 0.3) is 0 Å². The fourth-order valence-corrected chi connectivity index (χ4v) is 6.90. The zero-order valence-electron chi connectivity index (χ0n) is 12.6. The van der Waals surface area contributed by atoms with Crippen LogP contribution in [0.15, 0.2) is 89.4 Å². The molecule has 3 aromatic carbocycles. The predicted octanol–water partition coefficient (Wildman–Crippen LogP) is 4.13. The van der Waals surface area contributed by atoms with Crippen LogP contribution in [0.2, 0.25) is 0 Å². The van der Waals surface area contributed by atoms with E-state index in [4.69, 9.17) is 0 Å². The van der Waals surface area contributed by atoms with Crippen molar-refractivity contribution in [1.29, 1.82) is 0 Å². The highest BCUT2D eigenvalue weighted by Crippen LogP contribution is 2.22. The Labute approximate surface area is 142 Å². The third-order valence-corrected chi connectivity index (χ3v) is 8.28. The molecule has 0 aliphatic carbocycles. The number of benzene rings is 3. The van der Waals surface area contributed by atoms with Gasteiger partial charge in [0.15, 0.2) is 0 Å². The van der Waals surface area contributed by atoms with Crippen LogP contribution in [-0.4, -0.2) is 8.80 Å². The summed E-state index contributed by atoms with van der Waals surface area (Å²) in [6.07, 6.45) is 0. The summed E-state index contributed by atoms with van der Waals surface area (Å²) in [5.41, 5.74) is 1.96. The average molecular weight is 367 g/mol. The highest BCUT2D eigenvalue weighted by Gasteiger charge is 2.24. The SMILES string of the molecule is CC(c1cccc(Br)c1)[SiH](c1ccccc1)c1ccccc1. The van der Waals surface area contributed by atoms with Crippen LogP contribution < -0.4 is 10.4 Å². The molecule has 2 heteroatoms. The third kappa shape index (κ3) is 3.40. The molecule has 0 saturated heterocycles. The van der Waals surface area contributed by atoms with Crippen molar-refractivity contribution in [2.45, 2.75) is 12.5 Å². The Hall–Kier alpha value is -1.64. The van der Waals surface area contributed by atoms with Gasteiger partial charge in [-0.3, -0.25) is 0 Å². The van der Waals surface area contributed by atoms with Crippen molar-refractivity contribution in [3.05, 3.63) is 95.0 Å². The van der Waals surface area contributed by atoms with E-state index in [1.807, 2.05) is 0 Å². The molecule has 22 heavy (non-hydrogen) atoms. The van der Waals surface area contributed by atoms with Crippen molar-refractivity contribution >= 4 is 35.1 Å². The van der Waals surface area contributed by atoms with Gasteiger partial charge in [0.1, 0.15) is 8.80 Å². The highest BCUT2D eigenvalue weighted by atomic mass is 79.9. The predicted molar refractivity (Wildman–Crippen MR) is 102 cm³/mol. The van der Waals surface area contributed by atoms with Gasteiger partial charge in [0.25, 0.3) is 0 Å². The minimum atomic E-state index is -1.31. The van der Waals surface area contributed by atoms with Gasteiger partial charge in [-0.15, -0.1) is 0 Å². The van der Waals surface area contributed by atoms with Gasteiger partial charge < -0.3 is 0 Å². The fourth-order valence-electron chi connectivity index (χ4n) is 3.07. The van der Waals surface area contributed by atoms with Crippen LogP contribution in [0.5, 0.6) is 0 Å². The maximum Gasteiger partial charge on any atom is 0.110 e. The summed E-state index contributed by atoms with van der Waals surface area (Å²) in [6.45, 7) is 2.37. The van der Waals surface area contributed by atoms with Gasteiger partial charge in [0.05, 0.1) is 0 Å². The van der Waals surface area contributed by atoms with E-state index in [0.717, 1.165) is 4.47 Å². The largest absolute Gasteiger partial charge is 0.110 e. The highest BCUT2D eigenvalue weighted by molar-refractivity contribution is 9.10. The molecule has 1 atom stereocenters. The first-order chi connectivity index (χ1) is 10.8. The van der Waals surface area contributed by atoms with Crippen LogP contribution in [-0.2, 0) is 0 Å². The summed E-state index contributed by atoms with van der Waals surface area (Å²) >= 11 is 3.61. The van der Waals surface area contributed by atoms with Crippen molar-refractivity contribution in [3.63, 3.8) is 0 Å². The van der Waals surface area contributed by atoms with Gasteiger partial charge in [0.2, 0.25) is 0 Å². The zero-order valence-corrected chi connectivity index (χ0v) is 15.4. The second-order valence-corrected chi connectivity index (χ2v) is 9.85. The van der Waals surface area contributed by atoms with Gasteiger partial charge in [-0.05, 0) is 23.2 Å². The quantitative estimate of drug-likeness (QED) is 0.608. The molecule has 0 heterocycles. The van der Waals surface area contributed by atoms with Crippen molar-refractivity contribution < 1.29 is 0 Å². The maximum absolute atomic E-state index is 3.61. The van der Waals surface area contributed by atoms with Crippen LogP contribution in [0.3, 0.4) is 0 Å². The van der Waals surface area contributed by atoms with E-state index >= 15 is 0 Å². The molecule has 1 unspecified atom stereocenters. The molecule has 0 radical (unpaired) electrons. The minimum Gasteiger partial charge on any atom is -0.0629 e. The zero-order chi connectivity index (χ0) is 15.4. The lowest BCUT2D eigenvalue weighted by Gasteiger charge is -2.24. The van der Waals surface area contributed by atoms with Crippen LogP contribution in [0.4, 0.5) is 0 Å². The van der Waals surface area contributed by atoms with Crippen LogP contribution in [0, 0.1) is 0 Å². The molecule has 0 spiro atoms. The third-order valence-electron chi connectivity index (χ3n) is 4.19. The Balaban J connectivity index is 2.06. The van der Waals surface area contributed by atoms with E-state index < -0.39 is 8.80 Å². The van der Waals surface area contributed by atoms with Gasteiger partial charge in [-0.25, -0.2) is 0 Å². The molecule has 0 fully saturated rings. The van der Waals surface area contributed by atoms with Gasteiger partial charge in [0, 0.05) is 4.47 Å². The molecule has 0 aliphatic rings. The van der Waals surface area contributed by atoms with Crippen molar-refractivity contribution in [2.75, 3.05) is 0 Å². The van der Waals surface area contributed by atoms with Crippen molar-refractivity contribution in [1.82, 2.24) is 0 Å². The first-order valence-corrected chi connectivity index (χ1v) is 10.2. The Morgan fingerprint density at radius 2 is 1.27 bits per heavy atom. The second-order valence-electron chi connectivity index (χ2n) is 5.64. The summed E-state index contributed by atoms with van der Waals surface area (Å²) in [6, 6.07) is 30.7. The molecule has 3 rings (SSSR count). The minimum absolute atomic E-state index is 0.544. The lowest BCUT2D eigenvalue weighted by molar-refractivity contribution is 1.06. The van der Waals surface area contributed by atoms with E-state index in [0.29, 0.717) is 5.54 Å². The Kier molecular flexibility index (Phi) is 4.91. The van der Waals surface area contributed by atoms with Crippen molar-refractivity contribution in [3.8, 4) is 0 Å². The molecule has 0 amide bonds. The number of halogens is 1. The molecular weight excluding hydrogens is 348 g/mol. The second kappa shape index (κ2) is 7.08. The molecule has 3 aromatic rings.